The first-order chi connectivity index (χ1) is 12.4. The van der Waals surface area contributed by atoms with E-state index in [1.807, 2.05) is 47.9 Å². The SMILES string of the molecule is CC(=O)Nc1cccc(-n2c(C)nnc2SCc2ccc(Cl)c(Cl)c2)c1. The van der Waals surface area contributed by atoms with E-state index in [-0.39, 0.29) is 5.91 Å². The molecule has 3 aromatic rings. The molecule has 8 heteroatoms. The molecule has 0 spiro atoms. The van der Waals surface area contributed by atoms with E-state index >= 15 is 0 Å². The molecule has 0 radical (unpaired) electrons. The Labute approximate surface area is 165 Å². The maximum atomic E-state index is 11.3. The van der Waals surface area contributed by atoms with Crippen LogP contribution in [-0.2, 0) is 10.5 Å². The Morgan fingerprint density at radius 3 is 2.69 bits per heavy atom. The molecule has 0 bridgehead atoms. The van der Waals surface area contributed by atoms with E-state index in [2.05, 4.69) is 15.5 Å². The Morgan fingerprint density at radius 2 is 1.96 bits per heavy atom. The van der Waals surface area contributed by atoms with E-state index in [1.54, 1.807) is 17.8 Å². The minimum Gasteiger partial charge on any atom is -0.326 e. The summed E-state index contributed by atoms with van der Waals surface area (Å²) in [5, 5.41) is 13.1. The van der Waals surface area contributed by atoms with E-state index in [0.717, 1.165) is 27.9 Å². The zero-order valence-corrected chi connectivity index (χ0v) is 16.5. The summed E-state index contributed by atoms with van der Waals surface area (Å²) < 4.78 is 1.95. The number of nitrogens with zero attached hydrogens (tertiary/aromatic N) is 3. The molecule has 1 heterocycles. The molecular weight excluding hydrogens is 391 g/mol. The molecule has 0 aliphatic heterocycles. The van der Waals surface area contributed by atoms with Crippen molar-refractivity contribution in [3.63, 3.8) is 0 Å². The van der Waals surface area contributed by atoms with E-state index in [0.29, 0.717) is 15.8 Å². The van der Waals surface area contributed by atoms with Gasteiger partial charge in [0.25, 0.3) is 0 Å². The van der Waals surface area contributed by atoms with Gasteiger partial charge in [-0.1, -0.05) is 47.1 Å². The zero-order chi connectivity index (χ0) is 18.7. The van der Waals surface area contributed by atoms with Gasteiger partial charge < -0.3 is 5.32 Å². The number of nitrogens with one attached hydrogen (secondary N) is 1. The quantitative estimate of drug-likeness (QED) is 0.596. The zero-order valence-electron chi connectivity index (χ0n) is 14.2. The van der Waals surface area contributed by atoms with Crippen LogP contribution in [0.1, 0.15) is 18.3 Å². The van der Waals surface area contributed by atoms with Crippen LogP contribution in [0.25, 0.3) is 5.69 Å². The normalized spacial score (nSPS) is 10.8. The van der Waals surface area contributed by atoms with Gasteiger partial charge in [-0.25, -0.2) is 0 Å². The summed E-state index contributed by atoms with van der Waals surface area (Å²) >= 11 is 13.6. The first kappa shape index (κ1) is 18.8. The second-order valence-corrected chi connectivity index (χ2v) is 7.39. The predicted molar refractivity (Wildman–Crippen MR) is 106 cm³/mol. The number of rotatable bonds is 5. The molecule has 0 saturated heterocycles. The second-order valence-electron chi connectivity index (χ2n) is 5.63. The van der Waals surface area contributed by atoms with Crippen LogP contribution in [0.2, 0.25) is 10.0 Å². The number of carbonyl (C=O) groups excluding carboxylic acids is 1. The van der Waals surface area contributed by atoms with Gasteiger partial charge in [0, 0.05) is 18.4 Å². The summed E-state index contributed by atoms with van der Waals surface area (Å²) in [5.41, 5.74) is 2.66. The Balaban J connectivity index is 1.85. The van der Waals surface area contributed by atoms with Gasteiger partial charge >= 0.3 is 0 Å². The van der Waals surface area contributed by atoms with Crippen molar-refractivity contribution in [2.45, 2.75) is 24.8 Å². The number of halogens is 2. The molecule has 0 aliphatic rings. The first-order valence-corrected chi connectivity index (χ1v) is 9.55. The van der Waals surface area contributed by atoms with Crippen molar-refractivity contribution >= 4 is 46.6 Å². The number of hydrogen-bond donors (Lipinski definition) is 1. The molecule has 134 valence electrons. The minimum atomic E-state index is -0.114. The molecule has 0 saturated carbocycles. The number of amides is 1. The molecule has 0 atom stereocenters. The fourth-order valence-electron chi connectivity index (χ4n) is 2.44. The molecule has 0 aliphatic carbocycles. The molecule has 3 rings (SSSR count). The Bertz CT molecular complexity index is 958. The topological polar surface area (TPSA) is 59.8 Å². The third kappa shape index (κ3) is 4.38. The van der Waals surface area contributed by atoms with Crippen molar-refractivity contribution in [2.24, 2.45) is 0 Å². The number of aromatic nitrogens is 3. The van der Waals surface area contributed by atoms with Crippen molar-refractivity contribution in [3.05, 3.63) is 63.9 Å². The lowest BCUT2D eigenvalue weighted by Gasteiger charge is -2.10. The molecule has 0 fully saturated rings. The van der Waals surface area contributed by atoms with Crippen LogP contribution >= 0.6 is 35.0 Å². The van der Waals surface area contributed by atoms with Crippen molar-refractivity contribution in [2.75, 3.05) is 5.32 Å². The van der Waals surface area contributed by atoms with Crippen LogP contribution in [0, 0.1) is 6.92 Å². The summed E-state index contributed by atoms with van der Waals surface area (Å²) in [6, 6.07) is 13.1. The molecule has 26 heavy (non-hydrogen) atoms. The van der Waals surface area contributed by atoms with Crippen molar-refractivity contribution < 1.29 is 4.79 Å². The minimum absolute atomic E-state index is 0.114. The first-order valence-electron chi connectivity index (χ1n) is 7.81. The standard InChI is InChI=1S/C18H16Cl2N4OS/c1-11-22-23-18(26-10-13-6-7-16(19)17(20)8-13)24(11)15-5-3-4-14(9-15)21-12(2)25/h3-9H,10H2,1-2H3,(H,21,25). The number of benzene rings is 2. The summed E-state index contributed by atoms with van der Waals surface area (Å²) in [4.78, 5) is 11.3. The molecule has 1 N–H and O–H groups in total. The number of anilines is 1. The van der Waals surface area contributed by atoms with Crippen molar-refractivity contribution in [1.29, 1.82) is 0 Å². The largest absolute Gasteiger partial charge is 0.326 e. The lowest BCUT2D eigenvalue weighted by molar-refractivity contribution is -0.114. The van der Waals surface area contributed by atoms with E-state index in [4.69, 9.17) is 23.2 Å². The third-order valence-corrected chi connectivity index (χ3v) is 5.31. The summed E-state index contributed by atoms with van der Waals surface area (Å²) in [6.07, 6.45) is 0. The lowest BCUT2D eigenvalue weighted by Crippen LogP contribution is -2.07. The average molecular weight is 407 g/mol. The van der Waals surface area contributed by atoms with Gasteiger partial charge in [0.2, 0.25) is 5.91 Å². The highest BCUT2D eigenvalue weighted by Crippen LogP contribution is 2.29. The fourth-order valence-corrected chi connectivity index (χ4v) is 3.70. The Kier molecular flexibility index (Phi) is 5.86. The number of aryl methyl sites for hydroxylation is 1. The van der Waals surface area contributed by atoms with Crippen molar-refractivity contribution in [3.8, 4) is 5.69 Å². The van der Waals surface area contributed by atoms with Gasteiger partial charge in [0.15, 0.2) is 5.16 Å². The monoisotopic (exact) mass is 406 g/mol. The van der Waals surface area contributed by atoms with Gasteiger partial charge in [-0.15, -0.1) is 10.2 Å². The second kappa shape index (κ2) is 8.12. The van der Waals surface area contributed by atoms with E-state index < -0.39 is 0 Å². The average Bonchev–Trinajstić information content (AvgIpc) is 2.96. The van der Waals surface area contributed by atoms with Gasteiger partial charge in [0.1, 0.15) is 5.82 Å². The molecule has 0 unspecified atom stereocenters. The molecular formula is C18H16Cl2N4OS. The number of thioether (sulfide) groups is 1. The molecule has 1 amide bonds. The lowest BCUT2D eigenvalue weighted by atomic mass is 10.2. The number of hydrogen-bond acceptors (Lipinski definition) is 4. The Morgan fingerprint density at radius 1 is 1.15 bits per heavy atom. The van der Waals surface area contributed by atoms with Gasteiger partial charge in [-0.05, 0) is 42.8 Å². The van der Waals surface area contributed by atoms with Crippen LogP contribution in [0.5, 0.6) is 0 Å². The van der Waals surface area contributed by atoms with Crippen LogP contribution < -0.4 is 5.32 Å². The van der Waals surface area contributed by atoms with E-state index in [9.17, 15) is 4.79 Å². The summed E-state index contributed by atoms with van der Waals surface area (Å²) in [5.74, 6) is 1.33. The van der Waals surface area contributed by atoms with Crippen molar-refractivity contribution in [1.82, 2.24) is 14.8 Å². The van der Waals surface area contributed by atoms with Crippen LogP contribution in [0.15, 0.2) is 47.6 Å². The predicted octanol–water partition coefficient (Wildman–Crippen LogP) is 5.13. The highest BCUT2D eigenvalue weighted by Gasteiger charge is 2.13. The smallest absolute Gasteiger partial charge is 0.221 e. The van der Waals surface area contributed by atoms with Crippen LogP contribution in [0.4, 0.5) is 5.69 Å². The third-order valence-electron chi connectivity index (χ3n) is 3.57. The highest BCUT2D eigenvalue weighted by molar-refractivity contribution is 7.98. The van der Waals surface area contributed by atoms with Gasteiger partial charge in [0.05, 0.1) is 15.7 Å². The van der Waals surface area contributed by atoms with Crippen LogP contribution in [0.3, 0.4) is 0 Å². The fraction of sp³-hybridized carbons (Fsp3) is 0.167. The maximum Gasteiger partial charge on any atom is 0.221 e. The number of carbonyl (C=O) groups is 1. The van der Waals surface area contributed by atoms with Gasteiger partial charge in [-0.2, -0.15) is 0 Å². The molecule has 2 aromatic carbocycles. The van der Waals surface area contributed by atoms with Gasteiger partial charge in [-0.3, -0.25) is 9.36 Å². The maximum absolute atomic E-state index is 11.3. The summed E-state index contributed by atoms with van der Waals surface area (Å²) in [6.45, 7) is 3.37. The Hall–Kier alpha value is -2.02. The van der Waals surface area contributed by atoms with Crippen LogP contribution in [-0.4, -0.2) is 20.7 Å². The van der Waals surface area contributed by atoms with E-state index in [1.165, 1.54) is 6.92 Å². The highest BCUT2D eigenvalue weighted by atomic mass is 35.5. The summed E-state index contributed by atoms with van der Waals surface area (Å²) in [7, 11) is 0. The molecule has 5 nitrogen and oxygen atoms in total. The molecule has 1 aromatic heterocycles.